The van der Waals surface area contributed by atoms with E-state index in [9.17, 15) is 4.79 Å². The smallest absolute Gasteiger partial charge is 0.332 e. The lowest BCUT2D eigenvalue weighted by molar-refractivity contribution is -0.761. The van der Waals surface area contributed by atoms with Gasteiger partial charge in [-0.1, -0.05) is 0 Å². The molecule has 7 nitrogen and oxygen atoms in total. The molecule has 2 rings (SSSR count). The first kappa shape index (κ1) is 9.75. The van der Waals surface area contributed by atoms with Crippen molar-refractivity contribution < 1.29 is 19.2 Å². The van der Waals surface area contributed by atoms with Gasteiger partial charge in [0.1, 0.15) is 5.88 Å². The number of hydrogen-bond donors (Lipinski definition) is 1. The maximum absolute atomic E-state index is 11.0. The summed E-state index contributed by atoms with van der Waals surface area (Å²) in [6.07, 6.45) is 3.79. The van der Waals surface area contributed by atoms with Crippen molar-refractivity contribution in [3.05, 3.63) is 11.9 Å². The predicted octanol–water partition coefficient (Wildman–Crippen LogP) is 0.221. The Morgan fingerprint density at radius 3 is 3.13 bits per heavy atom. The number of piperidine rings is 1. The van der Waals surface area contributed by atoms with Gasteiger partial charge in [0.15, 0.2) is 6.04 Å². The van der Waals surface area contributed by atoms with Crippen LogP contribution in [0.15, 0.2) is 10.7 Å². The monoisotopic (exact) mass is 212 g/mol. The highest BCUT2D eigenvalue weighted by atomic mass is 16.5. The zero-order valence-corrected chi connectivity index (χ0v) is 8.09. The van der Waals surface area contributed by atoms with E-state index in [0.717, 1.165) is 12.8 Å². The van der Waals surface area contributed by atoms with Crippen molar-refractivity contribution in [2.24, 2.45) is 0 Å². The number of carbonyl (C=O) groups is 1. The third-order valence-electron chi connectivity index (χ3n) is 2.48. The lowest BCUT2D eigenvalue weighted by Gasteiger charge is -2.25. The third-order valence-corrected chi connectivity index (χ3v) is 2.48. The van der Waals surface area contributed by atoms with Gasteiger partial charge < -0.3 is 15.4 Å². The molecule has 15 heavy (non-hydrogen) atoms. The van der Waals surface area contributed by atoms with E-state index in [1.807, 2.05) is 0 Å². The number of nitrogens with zero attached hydrogens (tertiary/aromatic N) is 3. The van der Waals surface area contributed by atoms with Crippen LogP contribution in [-0.4, -0.2) is 28.9 Å². The van der Waals surface area contributed by atoms with E-state index in [0.29, 0.717) is 13.0 Å². The summed E-state index contributed by atoms with van der Waals surface area (Å²) in [5.74, 6) is -0.943. The molecule has 2 heterocycles. The van der Waals surface area contributed by atoms with Gasteiger partial charge in [-0.15, -0.1) is 5.01 Å². The zero-order chi connectivity index (χ0) is 10.8. The highest BCUT2D eigenvalue weighted by Crippen LogP contribution is 2.13. The lowest BCUT2D eigenvalue weighted by Crippen LogP contribution is -2.67. The Morgan fingerprint density at radius 2 is 2.53 bits per heavy atom. The highest BCUT2D eigenvalue weighted by Gasteiger charge is 2.35. The Bertz CT molecular complexity index is 365. The summed E-state index contributed by atoms with van der Waals surface area (Å²) in [6, 6.07) is -0.576. The zero-order valence-electron chi connectivity index (χ0n) is 8.09. The Morgan fingerprint density at radius 1 is 1.73 bits per heavy atom. The lowest BCUT2D eigenvalue weighted by atomic mass is 10.0. The molecule has 2 N–H and O–H groups in total. The normalized spacial score (nSPS) is 21.6. The summed E-state index contributed by atoms with van der Waals surface area (Å²) in [4.78, 5) is 12.3. The van der Waals surface area contributed by atoms with Crippen LogP contribution < -0.4 is 9.80 Å². The Balaban J connectivity index is 2.21. The van der Waals surface area contributed by atoms with E-state index in [2.05, 4.69) is 9.79 Å². The summed E-state index contributed by atoms with van der Waals surface area (Å²) in [5, 5.41) is 14.2. The molecule has 0 spiro atoms. The molecule has 0 saturated carbocycles. The SMILES string of the molecule is [NH-]c1c[n+](N2CCCCC2C(=O)O)no1. The topological polar surface area (TPSA) is 94.2 Å². The quantitative estimate of drug-likeness (QED) is 0.707. The van der Waals surface area contributed by atoms with Crippen LogP contribution in [0, 0.1) is 0 Å². The second-order valence-electron chi connectivity index (χ2n) is 3.50. The van der Waals surface area contributed by atoms with Gasteiger partial charge in [-0.05, 0) is 19.3 Å². The van der Waals surface area contributed by atoms with Crippen LogP contribution in [0.3, 0.4) is 0 Å². The molecule has 1 aliphatic heterocycles. The Kier molecular flexibility index (Phi) is 2.44. The van der Waals surface area contributed by atoms with E-state index in [4.69, 9.17) is 10.8 Å². The second kappa shape index (κ2) is 3.76. The van der Waals surface area contributed by atoms with E-state index in [1.54, 1.807) is 5.01 Å². The Labute approximate surface area is 86.0 Å². The number of hydrogen-bond acceptors (Lipinski definition) is 4. The minimum atomic E-state index is -0.864. The van der Waals surface area contributed by atoms with Gasteiger partial charge >= 0.3 is 5.97 Å². The summed E-state index contributed by atoms with van der Waals surface area (Å²) in [7, 11) is 0. The van der Waals surface area contributed by atoms with Gasteiger partial charge in [-0.3, -0.25) is 0 Å². The third kappa shape index (κ3) is 1.85. The summed E-state index contributed by atoms with van der Waals surface area (Å²) in [5.41, 5.74) is 7.18. The van der Waals surface area contributed by atoms with Crippen molar-refractivity contribution in [1.29, 1.82) is 0 Å². The van der Waals surface area contributed by atoms with Gasteiger partial charge in [0, 0.05) is 0 Å². The fourth-order valence-electron chi connectivity index (χ4n) is 1.77. The van der Waals surface area contributed by atoms with Crippen molar-refractivity contribution >= 4 is 11.9 Å². The van der Waals surface area contributed by atoms with E-state index in [-0.39, 0.29) is 5.88 Å². The van der Waals surface area contributed by atoms with Crippen molar-refractivity contribution in [2.75, 3.05) is 11.6 Å². The molecule has 0 radical (unpaired) electrons. The van der Waals surface area contributed by atoms with Gasteiger partial charge in [-0.25, -0.2) is 4.79 Å². The molecular weight excluding hydrogens is 200 g/mol. The molecule has 0 bridgehead atoms. The fourth-order valence-corrected chi connectivity index (χ4v) is 1.77. The van der Waals surface area contributed by atoms with Crippen LogP contribution in [0.1, 0.15) is 19.3 Å². The number of carboxylic acids is 1. The maximum Gasteiger partial charge on any atom is 0.332 e. The molecule has 1 saturated heterocycles. The van der Waals surface area contributed by atoms with Gasteiger partial charge in [0.25, 0.3) is 6.20 Å². The molecule has 82 valence electrons. The van der Waals surface area contributed by atoms with Crippen molar-refractivity contribution in [3.8, 4) is 0 Å². The molecule has 1 fully saturated rings. The Hall–Kier alpha value is -1.79. The molecule has 7 heteroatoms. The van der Waals surface area contributed by atoms with Crippen LogP contribution in [0.5, 0.6) is 0 Å². The molecule has 0 amide bonds. The van der Waals surface area contributed by atoms with E-state index >= 15 is 0 Å². The molecular formula is C8H12N4O3. The van der Waals surface area contributed by atoms with Crippen LogP contribution in [-0.2, 0) is 4.79 Å². The second-order valence-corrected chi connectivity index (χ2v) is 3.50. The average molecular weight is 212 g/mol. The van der Waals surface area contributed by atoms with E-state index in [1.165, 1.54) is 11.0 Å². The molecule has 1 unspecified atom stereocenters. The number of rotatable bonds is 2. The maximum atomic E-state index is 11.0. The van der Waals surface area contributed by atoms with Gasteiger partial charge in [-0.2, -0.15) is 0 Å². The molecule has 1 aliphatic rings. The van der Waals surface area contributed by atoms with Crippen LogP contribution in [0.25, 0.3) is 5.73 Å². The summed E-state index contributed by atoms with van der Waals surface area (Å²) < 4.78 is 4.59. The minimum absolute atomic E-state index is 0.0790. The highest BCUT2D eigenvalue weighted by molar-refractivity contribution is 5.75. The first-order valence-corrected chi connectivity index (χ1v) is 4.78. The standard InChI is InChI=1S/C8H12N4O3/c9-7-5-12(10-15-7)11-4-2-1-3-6(11)8(13)14/h5-6H,1-4H2,(H2-,9,10,13,14). The predicted molar refractivity (Wildman–Crippen MR) is 49.0 cm³/mol. The van der Waals surface area contributed by atoms with Gasteiger partial charge in [0.2, 0.25) is 5.27 Å². The summed E-state index contributed by atoms with van der Waals surface area (Å²) >= 11 is 0. The number of aromatic nitrogens is 2. The fraction of sp³-hybridized carbons (Fsp3) is 0.625. The largest absolute Gasteiger partial charge is 0.660 e. The average Bonchev–Trinajstić information content (AvgIpc) is 2.65. The molecule has 0 aromatic carbocycles. The molecule has 1 aromatic rings. The molecule has 1 atom stereocenters. The van der Waals surface area contributed by atoms with Crippen LogP contribution in [0.4, 0.5) is 5.88 Å². The number of nitrogens with one attached hydrogen (secondary N) is 1. The molecule has 0 aliphatic carbocycles. The van der Waals surface area contributed by atoms with Crippen molar-refractivity contribution in [3.63, 3.8) is 0 Å². The van der Waals surface area contributed by atoms with Crippen molar-refractivity contribution in [1.82, 2.24) is 5.27 Å². The van der Waals surface area contributed by atoms with Gasteiger partial charge in [0.05, 0.1) is 11.3 Å². The van der Waals surface area contributed by atoms with E-state index < -0.39 is 12.0 Å². The number of carboxylic acid groups (broad SMARTS) is 1. The summed E-state index contributed by atoms with van der Waals surface area (Å²) in [6.45, 7) is 0.619. The molecule has 1 aromatic heterocycles. The first-order chi connectivity index (χ1) is 7.18. The first-order valence-electron chi connectivity index (χ1n) is 4.78. The van der Waals surface area contributed by atoms with Crippen LogP contribution in [0.2, 0.25) is 0 Å². The number of aliphatic carboxylic acids is 1. The minimum Gasteiger partial charge on any atom is -0.660 e. The van der Waals surface area contributed by atoms with Crippen molar-refractivity contribution in [2.45, 2.75) is 25.3 Å². The van der Waals surface area contributed by atoms with Crippen LogP contribution >= 0.6 is 0 Å².